The lowest BCUT2D eigenvalue weighted by atomic mass is 9.92. The second-order valence-electron chi connectivity index (χ2n) is 7.89. The van der Waals surface area contributed by atoms with E-state index in [1.54, 1.807) is 12.3 Å². The van der Waals surface area contributed by atoms with Gasteiger partial charge in [-0.2, -0.15) is 4.98 Å². The summed E-state index contributed by atoms with van der Waals surface area (Å²) in [6.07, 6.45) is 1.95. The van der Waals surface area contributed by atoms with Gasteiger partial charge in [-0.15, -0.1) is 12.4 Å². The number of nitrogens with one attached hydrogen (secondary N) is 1. The molecule has 1 unspecified atom stereocenters. The lowest BCUT2D eigenvalue weighted by Gasteiger charge is -2.13. The predicted octanol–water partition coefficient (Wildman–Crippen LogP) is 4.70. The first-order chi connectivity index (χ1) is 16.6. The Hall–Kier alpha value is -4.11. The molecule has 0 fully saturated rings. The lowest BCUT2D eigenvalue weighted by Crippen LogP contribution is -2.09. The van der Waals surface area contributed by atoms with Crippen molar-refractivity contribution in [2.75, 3.05) is 12.1 Å². The summed E-state index contributed by atoms with van der Waals surface area (Å²) in [6, 6.07) is 19.0. The smallest absolute Gasteiger partial charge is 0.303 e. The number of benzene rings is 2. The molecule has 1 aliphatic heterocycles. The fourth-order valence-corrected chi connectivity index (χ4v) is 3.83. The average Bonchev–Trinajstić information content (AvgIpc) is 3.52. The van der Waals surface area contributed by atoms with E-state index in [9.17, 15) is 9.90 Å². The molecule has 4 aromatic rings. The standard InChI is InChI=1S/C25H22N4O5.ClH/c30-24(31)13-19(17-7-8-20-21(11-17)33-15-32-20)12-23-28-25(29-34-23)18-5-3-4-16(10-18)14-27-22-6-1-2-9-26-22;/h1-11,19H,12-15H2,(H,26,27)(H,30,31);1H. The number of aliphatic carboxylic acids is 1. The first kappa shape index (κ1) is 24.0. The van der Waals surface area contributed by atoms with E-state index in [1.807, 2.05) is 54.6 Å². The first-order valence-electron chi connectivity index (χ1n) is 10.8. The van der Waals surface area contributed by atoms with Crippen molar-refractivity contribution < 1.29 is 23.9 Å². The summed E-state index contributed by atoms with van der Waals surface area (Å²) < 4.78 is 16.3. The Morgan fingerprint density at radius 3 is 2.77 bits per heavy atom. The predicted molar refractivity (Wildman–Crippen MR) is 130 cm³/mol. The Bertz CT molecular complexity index is 1300. The molecule has 180 valence electrons. The van der Waals surface area contributed by atoms with Gasteiger partial charge in [0.2, 0.25) is 18.5 Å². The molecule has 35 heavy (non-hydrogen) atoms. The van der Waals surface area contributed by atoms with Crippen molar-refractivity contribution in [2.45, 2.75) is 25.3 Å². The van der Waals surface area contributed by atoms with Crippen molar-refractivity contribution >= 4 is 24.2 Å². The van der Waals surface area contributed by atoms with Gasteiger partial charge in [0.25, 0.3) is 0 Å². The van der Waals surface area contributed by atoms with E-state index in [0.717, 1.165) is 22.5 Å². The minimum absolute atomic E-state index is 0. The van der Waals surface area contributed by atoms with Gasteiger partial charge in [-0.25, -0.2) is 4.98 Å². The van der Waals surface area contributed by atoms with Gasteiger partial charge in [0, 0.05) is 30.6 Å². The molecule has 0 bridgehead atoms. The molecule has 2 aromatic heterocycles. The van der Waals surface area contributed by atoms with Gasteiger partial charge in [0.1, 0.15) is 5.82 Å². The Labute approximate surface area is 207 Å². The van der Waals surface area contributed by atoms with Crippen molar-refractivity contribution in [1.29, 1.82) is 0 Å². The number of fused-ring (bicyclic) bond motifs is 1. The van der Waals surface area contributed by atoms with Crippen LogP contribution < -0.4 is 14.8 Å². The Morgan fingerprint density at radius 1 is 1.06 bits per heavy atom. The number of rotatable bonds is 9. The van der Waals surface area contributed by atoms with Crippen molar-refractivity contribution in [3.63, 3.8) is 0 Å². The molecule has 9 nitrogen and oxygen atoms in total. The number of nitrogens with zero attached hydrogens (tertiary/aromatic N) is 3. The molecule has 10 heteroatoms. The van der Waals surface area contributed by atoms with Crippen LogP contribution in [0.5, 0.6) is 11.5 Å². The van der Waals surface area contributed by atoms with Crippen LogP contribution in [0.1, 0.15) is 29.4 Å². The summed E-state index contributed by atoms with van der Waals surface area (Å²) in [5.74, 6) is 1.61. The molecule has 5 rings (SSSR count). The molecule has 0 aliphatic carbocycles. The lowest BCUT2D eigenvalue weighted by molar-refractivity contribution is -0.137. The maximum Gasteiger partial charge on any atom is 0.303 e. The van der Waals surface area contributed by atoms with Crippen molar-refractivity contribution in [2.24, 2.45) is 0 Å². The highest BCUT2D eigenvalue weighted by Crippen LogP contribution is 2.36. The molecular formula is C25H23ClN4O5. The molecule has 0 radical (unpaired) electrons. The van der Waals surface area contributed by atoms with Crippen molar-refractivity contribution in [3.8, 4) is 22.9 Å². The third-order valence-electron chi connectivity index (χ3n) is 5.50. The van der Waals surface area contributed by atoms with Crippen LogP contribution in [-0.4, -0.2) is 33.0 Å². The summed E-state index contributed by atoms with van der Waals surface area (Å²) in [7, 11) is 0. The number of halogens is 1. The fourth-order valence-electron chi connectivity index (χ4n) is 3.83. The zero-order valence-electron chi connectivity index (χ0n) is 18.6. The second-order valence-corrected chi connectivity index (χ2v) is 7.89. The minimum atomic E-state index is -0.907. The Morgan fingerprint density at radius 2 is 1.94 bits per heavy atom. The van der Waals surface area contributed by atoms with Crippen LogP contribution >= 0.6 is 12.4 Å². The fraction of sp³-hybridized carbons (Fsp3) is 0.200. The van der Waals surface area contributed by atoms with E-state index < -0.39 is 5.97 Å². The highest BCUT2D eigenvalue weighted by molar-refractivity contribution is 5.85. The monoisotopic (exact) mass is 494 g/mol. The van der Waals surface area contributed by atoms with Gasteiger partial charge in [0.15, 0.2) is 11.5 Å². The van der Waals surface area contributed by atoms with Gasteiger partial charge in [-0.05, 0) is 41.5 Å². The molecule has 1 aliphatic rings. The minimum Gasteiger partial charge on any atom is -0.481 e. The number of hydrogen-bond acceptors (Lipinski definition) is 8. The molecule has 0 amide bonds. The van der Waals surface area contributed by atoms with Crippen molar-refractivity contribution in [1.82, 2.24) is 15.1 Å². The average molecular weight is 495 g/mol. The van der Waals surface area contributed by atoms with Gasteiger partial charge in [0.05, 0.1) is 6.42 Å². The number of aromatic nitrogens is 3. The molecular weight excluding hydrogens is 472 g/mol. The highest BCUT2D eigenvalue weighted by atomic mass is 35.5. The highest BCUT2D eigenvalue weighted by Gasteiger charge is 2.23. The van der Waals surface area contributed by atoms with Gasteiger partial charge < -0.3 is 24.4 Å². The van der Waals surface area contributed by atoms with Crippen LogP contribution in [0.25, 0.3) is 11.4 Å². The van der Waals surface area contributed by atoms with Crippen LogP contribution in [0.2, 0.25) is 0 Å². The van der Waals surface area contributed by atoms with Crippen LogP contribution in [0.15, 0.2) is 71.4 Å². The summed E-state index contributed by atoms with van der Waals surface area (Å²) in [5, 5.41) is 16.8. The maximum absolute atomic E-state index is 11.5. The van der Waals surface area contributed by atoms with E-state index in [1.165, 1.54) is 0 Å². The Kier molecular flexibility index (Phi) is 7.47. The molecule has 0 saturated heterocycles. The number of anilines is 1. The van der Waals surface area contributed by atoms with E-state index >= 15 is 0 Å². The molecule has 2 N–H and O–H groups in total. The number of carbonyl (C=O) groups is 1. The summed E-state index contributed by atoms with van der Waals surface area (Å²) >= 11 is 0. The largest absolute Gasteiger partial charge is 0.481 e. The SMILES string of the molecule is Cl.O=C(O)CC(Cc1nc(-c2cccc(CNc3ccccn3)c2)no1)c1ccc2c(c1)OCO2. The van der Waals surface area contributed by atoms with Gasteiger partial charge in [-0.1, -0.05) is 35.5 Å². The Balaban J connectivity index is 0.00000289. The van der Waals surface area contributed by atoms with E-state index in [4.69, 9.17) is 14.0 Å². The first-order valence-corrected chi connectivity index (χ1v) is 10.8. The number of carboxylic acid groups (broad SMARTS) is 1. The van der Waals surface area contributed by atoms with E-state index in [-0.39, 0.29) is 31.5 Å². The zero-order chi connectivity index (χ0) is 23.3. The van der Waals surface area contributed by atoms with Crippen LogP contribution in [0.4, 0.5) is 5.82 Å². The van der Waals surface area contributed by atoms with Crippen LogP contribution in [0.3, 0.4) is 0 Å². The van der Waals surface area contributed by atoms with Crippen molar-refractivity contribution in [3.05, 3.63) is 83.9 Å². The number of pyridine rings is 1. The summed E-state index contributed by atoms with van der Waals surface area (Å²) in [6.45, 7) is 0.756. The van der Waals surface area contributed by atoms with Gasteiger partial charge >= 0.3 is 5.97 Å². The quantitative estimate of drug-likeness (QED) is 0.341. The molecule has 0 spiro atoms. The second kappa shape index (κ2) is 10.9. The third kappa shape index (κ3) is 5.88. The van der Waals surface area contributed by atoms with E-state index in [2.05, 4.69) is 20.4 Å². The molecule has 2 aromatic carbocycles. The van der Waals surface area contributed by atoms with Crippen LogP contribution in [-0.2, 0) is 17.8 Å². The summed E-state index contributed by atoms with van der Waals surface area (Å²) in [5.41, 5.74) is 2.67. The maximum atomic E-state index is 11.5. The summed E-state index contributed by atoms with van der Waals surface area (Å²) in [4.78, 5) is 20.3. The number of ether oxygens (including phenoxy) is 2. The zero-order valence-corrected chi connectivity index (χ0v) is 19.4. The molecule has 1 atom stereocenters. The van der Waals surface area contributed by atoms with Crippen LogP contribution in [0, 0.1) is 0 Å². The molecule has 3 heterocycles. The topological polar surface area (TPSA) is 120 Å². The number of hydrogen-bond donors (Lipinski definition) is 2. The van der Waals surface area contributed by atoms with Gasteiger partial charge in [-0.3, -0.25) is 4.79 Å². The third-order valence-corrected chi connectivity index (χ3v) is 5.50. The molecule has 0 saturated carbocycles. The number of carboxylic acids is 1. The van der Waals surface area contributed by atoms with E-state index in [0.29, 0.717) is 36.2 Å². The normalized spacial score (nSPS) is 12.6.